The summed E-state index contributed by atoms with van der Waals surface area (Å²) in [4.78, 5) is 16.3. The zero-order valence-corrected chi connectivity index (χ0v) is 12.2. The topological polar surface area (TPSA) is 65.2 Å². The molecule has 20 heavy (non-hydrogen) atoms. The van der Waals surface area contributed by atoms with Gasteiger partial charge in [-0.2, -0.15) is 4.98 Å². The van der Waals surface area contributed by atoms with Crippen LogP contribution in [0.2, 0.25) is 0 Å². The summed E-state index contributed by atoms with van der Waals surface area (Å²) >= 11 is 0. The first-order valence-corrected chi connectivity index (χ1v) is 7.62. The summed E-state index contributed by atoms with van der Waals surface area (Å²) in [6, 6.07) is 0. The molecule has 110 valence electrons. The Morgan fingerprint density at radius 3 is 2.60 bits per heavy atom. The molecular weight excluding hydrogens is 256 g/mol. The highest BCUT2D eigenvalue weighted by Gasteiger charge is 2.57. The Morgan fingerprint density at radius 1 is 1.35 bits per heavy atom. The molecule has 5 nitrogen and oxygen atoms in total. The standard InChI is InChI=1S/C15H22N2O3/c1-3-10-4-6-11(7-5-10)12-16-13(20-17-12)15(8-9-15)14(18)19-2/h10-11H,3-9H2,1-2H3. The maximum Gasteiger partial charge on any atom is 0.321 e. The lowest BCUT2D eigenvalue weighted by Gasteiger charge is -2.25. The second-order valence-corrected chi connectivity index (χ2v) is 6.16. The first-order chi connectivity index (χ1) is 9.69. The zero-order valence-electron chi connectivity index (χ0n) is 12.2. The summed E-state index contributed by atoms with van der Waals surface area (Å²) < 4.78 is 10.2. The summed E-state index contributed by atoms with van der Waals surface area (Å²) in [7, 11) is 1.41. The van der Waals surface area contributed by atoms with Crippen molar-refractivity contribution in [3.05, 3.63) is 11.7 Å². The Bertz CT molecular complexity index is 485. The van der Waals surface area contributed by atoms with Crippen LogP contribution >= 0.6 is 0 Å². The van der Waals surface area contributed by atoms with Gasteiger partial charge in [0.1, 0.15) is 5.41 Å². The molecule has 2 fully saturated rings. The third kappa shape index (κ3) is 2.23. The fourth-order valence-corrected chi connectivity index (χ4v) is 3.25. The van der Waals surface area contributed by atoms with Gasteiger partial charge in [-0.1, -0.05) is 18.5 Å². The highest BCUT2D eigenvalue weighted by molar-refractivity contribution is 5.85. The molecule has 0 bridgehead atoms. The lowest BCUT2D eigenvalue weighted by molar-refractivity contribution is -0.144. The summed E-state index contributed by atoms with van der Waals surface area (Å²) in [5.74, 6) is 2.23. The minimum absolute atomic E-state index is 0.248. The maximum atomic E-state index is 11.8. The molecule has 0 saturated heterocycles. The number of hydrogen-bond acceptors (Lipinski definition) is 5. The lowest BCUT2D eigenvalue weighted by atomic mass is 9.80. The number of aromatic nitrogens is 2. The average Bonchev–Trinajstić information content (AvgIpc) is 3.17. The lowest BCUT2D eigenvalue weighted by Crippen LogP contribution is -2.22. The summed E-state index contributed by atoms with van der Waals surface area (Å²) in [5.41, 5.74) is -0.638. The van der Waals surface area contributed by atoms with Gasteiger partial charge < -0.3 is 9.26 Å². The number of carbonyl (C=O) groups is 1. The van der Waals surface area contributed by atoms with Gasteiger partial charge in [0.25, 0.3) is 0 Å². The Kier molecular flexibility index (Phi) is 3.52. The number of methoxy groups -OCH3 is 1. The van der Waals surface area contributed by atoms with Gasteiger partial charge in [0.05, 0.1) is 7.11 Å². The third-order valence-electron chi connectivity index (χ3n) is 4.97. The Labute approximate surface area is 119 Å². The Morgan fingerprint density at radius 2 is 2.05 bits per heavy atom. The van der Waals surface area contributed by atoms with Crippen LogP contribution in [0.3, 0.4) is 0 Å². The highest BCUT2D eigenvalue weighted by Crippen LogP contribution is 2.49. The average molecular weight is 278 g/mol. The van der Waals surface area contributed by atoms with Crippen molar-refractivity contribution < 1.29 is 14.1 Å². The minimum Gasteiger partial charge on any atom is -0.468 e. The van der Waals surface area contributed by atoms with Crippen LogP contribution in [0, 0.1) is 5.92 Å². The van der Waals surface area contributed by atoms with Crippen molar-refractivity contribution in [1.29, 1.82) is 0 Å². The molecule has 3 rings (SSSR count). The van der Waals surface area contributed by atoms with Gasteiger partial charge in [0.2, 0.25) is 5.89 Å². The van der Waals surface area contributed by atoms with E-state index in [4.69, 9.17) is 9.26 Å². The molecular formula is C15H22N2O3. The molecule has 1 heterocycles. The molecule has 2 aliphatic rings. The van der Waals surface area contributed by atoms with Crippen LogP contribution in [0.1, 0.15) is 69.5 Å². The van der Waals surface area contributed by atoms with E-state index in [1.807, 2.05) is 0 Å². The zero-order chi connectivity index (χ0) is 14.2. The van der Waals surface area contributed by atoms with Crippen LogP contribution in [0.5, 0.6) is 0 Å². The molecule has 0 spiro atoms. The molecule has 0 radical (unpaired) electrons. The Balaban J connectivity index is 1.70. The minimum atomic E-state index is -0.638. The third-order valence-corrected chi connectivity index (χ3v) is 4.97. The molecule has 0 unspecified atom stereocenters. The fourth-order valence-electron chi connectivity index (χ4n) is 3.25. The van der Waals surface area contributed by atoms with E-state index in [-0.39, 0.29) is 5.97 Å². The monoisotopic (exact) mass is 278 g/mol. The van der Waals surface area contributed by atoms with Crippen molar-refractivity contribution in [2.75, 3.05) is 7.11 Å². The molecule has 0 amide bonds. The normalized spacial score (nSPS) is 28.1. The van der Waals surface area contributed by atoms with Crippen molar-refractivity contribution in [3.63, 3.8) is 0 Å². The summed E-state index contributed by atoms with van der Waals surface area (Å²) in [5, 5.41) is 4.12. The van der Waals surface area contributed by atoms with Crippen LogP contribution in [0.4, 0.5) is 0 Å². The molecule has 5 heteroatoms. The van der Waals surface area contributed by atoms with Crippen molar-refractivity contribution in [2.45, 2.75) is 63.2 Å². The molecule has 0 N–H and O–H groups in total. The van der Waals surface area contributed by atoms with Crippen LogP contribution in [0.15, 0.2) is 4.52 Å². The first-order valence-electron chi connectivity index (χ1n) is 7.62. The van der Waals surface area contributed by atoms with Gasteiger partial charge in [-0.3, -0.25) is 4.79 Å². The summed E-state index contributed by atoms with van der Waals surface area (Å²) in [6.07, 6.45) is 7.51. The smallest absolute Gasteiger partial charge is 0.321 e. The first kappa shape index (κ1) is 13.6. The molecule has 0 aromatic carbocycles. The van der Waals surface area contributed by atoms with Gasteiger partial charge >= 0.3 is 5.97 Å². The molecule has 2 saturated carbocycles. The van der Waals surface area contributed by atoms with Crippen LogP contribution in [-0.4, -0.2) is 23.2 Å². The van der Waals surface area contributed by atoms with E-state index in [2.05, 4.69) is 17.1 Å². The summed E-state index contributed by atoms with van der Waals surface area (Å²) in [6.45, 7) is 2.25. The van der Waals surface area contributed by atoms with E-state index in [0.717, 1.165) is 37.4 Å². The van der Waals surface area contributed by atoms with Gasteiger partial charge in [-0.25, -0.2) is 0 Å². The highest BCUT2D eigenvalue weighted by atomic mass is 16.5. The maximum absolute atomic E-state index is 11.8. The van der Waals surface area contributed by atoms with E-state index in [9.17, 15) is 4.79 Å². The van der Waals surface area contributed by atoms with E-state index < -0.39 is 5.41 Å². The molecule has 1 aromatic rings. The number of rotatable bonds is 4. The number of hydrogen-bond donors (Lipinski definition) is 0. The second kappa shape index (κ2) is 5.19. The van der Waals surface area contributed by atoms with Crippen LogP contribution < -0.4 is 0 Å². The van der Waals surface area contributed by atoms with Gasteiger partial charge in [-0.15, -0.1) is 0 Å². The number of esters is 1. The SMILES string of the molecule is CCC1CCC(c2noc(C3(C(=O)OC)CC3)n2)CC1. The van der Waals surface area contributed by atoms with Gasteiger partial charge in [0, 0.05) is 5.92 Å². The largest absolute Gasteiger partial charge is 0.468 e. The second-order valence-electron chi connectivity index (χ2n) is 6.16. The van der Waals surface area contributed by atoms with Crippen molar-refractivity contribution in [1.82, 2.24) is 10.1 Å². The van der Waals surface area contributed by atoms with E-state index >= 15 is 0 Å². The van der Waals surface area contributed by atoms with Crippen molar-refractivity contribution >= 4 is 5.97 Å². The van der Waals surface area contributed by atoms with Crippen LogP contribution in [0.25, 0.3) is 0 Å². The predicted molar refractivity (Wildman–Crippen MR) is 72.2 cm³/mol. The molecule has 1 aromatic heterocycles. The van der Waals surface area contributed by atoms with E-state index in [1.54, 1.807) is 0 Å². The van der Waals surface area contributed by atoms with Crippen molar-refractivity contribution in [3.8, 4) is 0 Å². The number of carbonyl (C=O) groups excluding carboxylic acids is 1. The molecule has 2 aliphatic carbocycles. The van der Waals surface area contributed by atoms with E-state index in [0.29, 0.717) is 11.8 Å². The van der Waals surface area contributed by atoms with Crippen LogP contribution in [-0.2, 0) is 14.9 Å². The molecule has 0 aliphatic heterocycles. The van der Waals surface area contributed by atoms with Gasteiger partial charge in [-0.05, 0) is 44.4 Å². The fraction of sp³-hybridized carbons (Fsp3) is 0.800. The molecule has 0 atom stereocenters. The quantitative estimate of drug-likeness (QED) is 0.792. The van der Waals surface area contributed by atoms with E-state index in [1.165, 1.54) is 26.4 Å². The Hall–Kier alpha value is -1.39. The van der Waals surface area contributed by atoms with Gasteiger partial charge in [0.15, 0.2) is 5.82 Å². The number of ether oxygens (including phenoxy) is 1. The van der Waals surface area contributed by atoms with Crippen molar-refractivity contribution in [2.24, 2.45) is 5.92 Å². The number of nitrogens with zero attached hydrogens (tertiary/aromatic N) is 2. The predicted octanol–water partition coefficient (Wildman–Crippen LogP) is 2.96.